The first-order valence-corrected chi connectivity index (χ1v) is 10.4. The first-order valence-electron chi connectivity index (χ1n) is 9.19. The van der Waals surface area contributed by atoms with Gasteiger partial charge in [-0.05, 0) is 55.5 Å². The van der Waals surface area contributed by atoms with Crippen LogP contribution in [-0.4, -0.2) is 24.7 Å². The van der Waals surface area contributed by atoms with Crippen molar-refractivity contribution in [3.8, 4) is 11.5 Å². The third-order valence-corrected chi connectivity index (χ3v) is 4.75. The number of amides is 1. The average molecular weight is 502 g/mol. The predicted octanol–water partition coefficient (Wildman–Crippen LogP) is 5.16. The molecule has 0 aliphatic rings. The minimum Gasteiger partial charge on any atom is -0.484 e. The van der Waals surface area contributed by atoms with Crippen molar-refractivity contribution in [2.75, 3.05) is 6.61 Å². The lowest BCUT2D eigenvalue weighted by Crippen LogP contribution is -2.24. The van der Waals surface area contributed by atoms with Crippen LogP contribution in [0.15, 0.2) is 76.3 Å². The zero-order valence-corrected chi connectivity index (χ0v) is 18.8. The van der Waals surface area contributed by atoms with E-state index >= 15 is 0 Å². The van der Waals surface area contributed by atoms with Crippen molar-refractivity contribution in [1.82, 2.24) is 5.43 Å². The summed E-state index contributed by atoms with van der Waals surface area (Å²) in [5, 5.41) is 4.43. The van der Waals surface area contributed by atoms with Crippen molar-refractivity contribution in [3.63, 3.8) is 0 Å². The topological polar surface area (TPSA) is 77.0 Å². The molecule has 3 aromatic rings. The molecule has 0 aliphatic heterocycles. The maximum Gasteiger partial charge on any atom is 0.343 e. The lowest BCUT2D eigenvalue weighted by atomic mass is 10.1. The van der Waals surface area contributed by atoms with E-state index in [1.807, 2.05) is 19.1 Å². The van der Waals surface area contributed by atoms with Crippen LogP contribution >= 0.6 is 27.5 Å². The molecule has 31 heavy (non-hydrogen) atoms. The second-order valence-electron chi connectivity index (χ2n) is 6.48. The number of esters is 1. The van der Waals surface area contributed by atoms with Crippen LogP contribution in [0, 0.1) is 6.92 Å². The fourth-order valence-electron chi connectivity index (χ4n) is 2.47. The Morgan fingerprint density at radius 3 is 2.61 bits per heavy atom. The molecule has 6 nitrogen and oxygen atoms in total. The number of aryl methyl sites for hydroxylation is 1. The number of carbonyl (C=O) groups is 2. The van der Waals surface area contributed by atoms with Crippen LogP contribution in [0.4, 0.5) is 0 Å². The normalized spacial score (nSPS) is 10.7. The standard InChI is InChI=1S/C23H18BrClN2O4/c1-15-5-7-16(8-6-15)23(29)31-21-10-9-18(24)11-17(21)13-26-27-22(28)14-30-20-4-2-3-19(25)12-20/h2-13H,14H2,1H3,(H,27,28)/b26-13-. The molecule has 0 bridgehead atoms. The third kappa shape index (κ3) is 6.94. The van der Waals surface area contributed by atoms with Crippen molar-refractivity contribution in [2.45, 2.75) is 6.92 Å². The number of hydrazone groups is 1. The summed E-state index contributed by atoms with van der Waals surface area (Å²) >= 11 is 9.25. The molecule has 0 saturated carbocycles. The van der Waals surface area contributed by atoms with Crippen LogP contribution in [0.5, 0.6) is 11.5 Å². The highest BCUT2D eigenvalue weighted by molar-refractivity contribution is 9.10. The van der Waals surface area contributed by atoms with Gasteiger partial charge in [-0.3, -0.25) is 4.79 Å². The minimum absolute atomic E-state index is 0.231. The number of nitrogens with one attached hydrogen (secondary N) is 1. The van der Waals surface area contributed by atoms with E-state index < -0.39 is 11.9 Å². The molecule has 0 spiro atoms. The largest absolute Gasteiger partial charge is 0.484 e. The van der Waals surface area contributed by atoms with E-state index in [4.69, 9.17) is 21.1 Å². The second-order valence-corrected chi connectivity index (χ2v) is 7.83. The number of nitrogens with zero attached hydrogens (tertiary/aromatic N) is 1. The molecule has 3 aromatic carbocycles. The zero-order chi connectivity index (χ0) is 22.2. The smallest absolute Gasteiger partial charge is 0.343 e. The van der Waals surface area contributed by atoms with Crippen LogP contribution < -0.4 is 14.9 Å². The van der Waals surface area contributed by atoms with Gasteiger partial charge in [0.25, 0.3) is 5.91 Å². The van der Waals surface area contributed by atoms with Gasteiger partial charge >= 0.3 is 5.97 Å². The molecule has 158 valence electrons. The number of rotatable bonds is 7. The maximum atomic E-state index is 12.4. The molecule has 8 heteroatoms. The summed E-state index contributed by atoms with van der Waals surface area (Å²) < 4.78 is 11.6. The van der Waals surface area contributed by atoms with Gasteiger partial charge in [-0.15, -0.1) is 0 Å². The summed E-state index contributed by atoms with van der Waals surface area (Å²) in [4.78, 5) is 24.4. The Hall–Kier alpha value is -3.16. The van der Waals surface area contributed by atoms with Crippen molar-refractivity contribution >= 4 is 45.6 Å². The number of benzene rings is 3. The van der Waals surface area contributed by atoms with Crippen LogP contribution in [-0.2, 0) is 4.79 Å². The van der Waals surface area contributed by atoms with Gasteiger partial charge in [-0.2, -0.15) is 5.10 Å². The molecule has 1 N–H and O–H groups in total. The number of ether oxygens (including phenoxy) is 2. The summed E-state index contributed by atoms with van der Waals surface area (Å²) in [6, 6.07) is 18.9. The molecular weight excluding hydrogens is 484 g/mol. The third-order valence-electron chi connectivity index (χ3n) is 4.02. The van der Waals surface area contributed by atoms with Crippen LogP contribution in [0.1, 0.15) is 21.5 Å². The first kappa shape index (κ1) is 22.5. The Balaban J connectivity index is 1.61. The SMILES string of the molecule is Cc1ccc(C(=O)Oc2ccc(Br)cc2/C=N\NC(=O)COc2cccc(Cl)c2)cc1. The highest BCUT2D eigenvalue weighted by atomic mass is 79.9. The summed E-state index contributed by atoms with van der Waals surface area (Å²) in [6.07, 6.45) is 1.39. The Labute approximate surface area is 193 Å². The fourth-order valence-corrected chi connectivity index (χ4v) is 3.03. The van der Waals surface area contributed by atoms with Gasteiger partial charge in [-0.25, -0.2) is 10.2 Å². The van der Waals surface area contributed by atoms with Gasteiger partial charge in [0.05, 0.1) is 11.8 Å². The van der Waals surface area contributed by atoms with E-state index in [9.17, 15) is 9.59 Å². The number of hydrogen-bond acceptors (Lipinski definition) is 5. The lowest BCUT2D eigenvalue weighted by Gasteiger charge is -2.08. The van der Waals surface area contributed by atoms with Crippen molar-refractivity contribution in [3.05, 3.63) is 92.9 Å². The van der Waals surface area contributed by atoms with Crippen molar-refractivity contribution in [2.24, 2.45) is 5.10 Å². The van der Waals surface area contributed by atoms with Gasteiger partial charge in [0.15, 0.2) is 6.61 Å². The van der Waals surface area contributed by atoms with Gasteiger partial charge in [0.1, 0.15) is 11.5 Å². The number of hydrogen-bond donors (Lipinski definition) is 1. The quantitative estimate of drug-likeness (QED) is 0.210. The van der Waals surface area contributed by atoms with E-state index in [-0.39, 0.29) is 6.61 Å². The molecule has 1 amide bonds. The fraction of sp³-hybridized carbons (Fsp3) is 0.0870. The van der Waals surface area contributed by atoms with Crippen LogP contribution in [0.3, 0.4) is 0 Å². The Kier molecular flexibility index (Phi) is 7.81. The molecule has 0 saturated heterocycles. The van der Waals surface area contributed by atoms with Crippen molar-refractivity contribution in [1.29, 1.82) is 0 Å². The molecule has 0 aliphatic carbocycles. The van der Waals surface area contributed by atoms with Crippen LogP contribution in [0.2, 0.25) is 5.02 Å². The predicted molar refractivity (Wildman–Crippen MR) is 123 cm³/mol. The van der Waals surface area contributed by atoms with E-state index in [1.165, 1.54) is 6.21 Å². The first-order chi connectivity index (χ1) is 14.9. The maximum absolute atomic E-state index is 12.4. The zero-order valence-electron chi connectivity index (χ0n) is 16.5. The Bertz CT molecular complexity index is 1120. The highest BCUT2D eigenvalue weighted by Crippen LogP contribution is 2.23. The lowest BCUT2D eigenvalue weighted by molar-refractivity contribution is -0.123. The molecule has 0 fully saturated rings. The number of halogens is 2. The second kappa shape index (κ2) is 10.7. The summed E-state index contributed by atoms with van der Waals surface area (Å²) in [5.74, 6) is -0.161. The van der Waals surface area contributed by atoms with E-state index in [0.29, 0.717) is 27.6 Å². The molecule has 0 unspecified atom stereocenters. The average Bonchev–Trinajstić information content (AvgIpc) is 2.74. The Morgan fingerprint density at radius 2 is 1.87 bits per heavy atom. The highest BCUT2D eigenvalue weighted by Gasteiger charge is 2.11. The van der Waals surface area contributed by atoms with Gasteiger partial charge < -0.3 is 9.47 Å². The van der Waals surface area contributed by atoms with E-state index in [0.717, 1.165) is 10.0 Å². The molecule has 0 atom stereocenters. The summed E-state index contributed by atoms with van der Waals surface area (Å²) in [7, 11) is 0. The molecule has 0 radical (unpaired) electrons. The van der Waals surface area contributed by atoms with Gasteiger partial charge in [-0.1, -0.05) is 51.3 Å². The van der Waals surface area contributed by atoms with Gasteiger partial charge in [0, 0.05) is 15.1 Å². The van der Waals surface area contributed by atoms with E-state index in [2.05, 4.69) is 26.5 Å². The van der Waals surface area contributed by atoms with Gasteiger partial charge in [0.2, 0.25) is 0 Å². The number of carbonyl (C=O) groups excluding carboxylic acids is 2. The monoisotopic (exact) mass is 500 g/mol. The van der Waals surface area contributed by atoms with E-state index in [1.54, 1.807) is 54.6 Å². The van der Waals surface area contributed by atoms with Crippen molar-refractivity contribution < 1.29 is 19.1 Å². The molecule has 0 aromatic heterocycles. The Morgan fingerprint density at radius 1 is 1.10 bits per heavy atom. The minimum atomic E-state index is -0.490. The summed E-state index contributed by atoms with van der Waals surface area (Å²) in [5.41, 5.74) is 4.35. The molecule has 3 rings (SSSR count). The van der Waals surface area contributed by atoms with Crippen LogP contribution in [0.25, 0.3) is 0 Å². The molecule has 0 heterocycles. The molecular formula is C23H18BrClN2O4. The summed E-state index contributed by atoms with van der Waals surface area (Å²) in [6.45, 7) is 1.71.